The molecule has 29 heavy (non-hydrogen) atoms. The molecule has 0 saturated heterocycles. The summed E-state index contributed by atoms with van der Waals surface area (Å²) in [5.74, 6) is -0.724. The SMILES string of the molecule is CC(C)(C)OC(=O)N(CCN)C(=O)NCCCN1C(=O)c2ccc(Br)cc2C1=O. The summed E-state index contributed by atoms with van der Waals surface area (Å²) >= 11 is 3.29. The molecule has 0 radical (unpaired) electrons. The highest BCUT2D eigenvalue weighted by Gasteiger charge is 2.35. The predicted octanol–water partition coefficient (Wildman–Crippen LogP) is 2.34. The third-order valence-corrected chi connectivity index (χ3v) is 4.47. The summed E-state index contributed by atoms with van der Waals surface area (Å²) in [6.07, 6.45) is -0.449. The van der Waals surface area contributed by atoms with E-state index in [4.69, 9.17) is 10.5 Å². The van der Waals surface area contributed by atoms with Gasteiger partial charge in [0, 0.05) is 30.7 Å². The number of imide groups is 2. The molecule has 2 rings (SSSR count). The number of fused-ring (bicyclic) bond motifs is 1. The average molecular weight is 469 g/mol. The van der Waals surface area contributed by atoms with Crippen LogP contribution in [0.5, 0.6) is 0 Å². The minimum absolute atomic E-state index is 0.00797. The van der Waals surface area contributed by atoms with E-state index in [1.165, 1.54) is 0 Å². The lowest BCUT2D eigenvalue weighted by molar-refractivity contribution is 0.0325. The minimum atomic E-state index is -0.786. The first-order valence-electron chi connectivity index (χ1n) is 9.19. The van der Waals surface area contributed by atoms with Gasteiger partial charge in [0.1, 0.15) is 5.60 Å². The van der Waals surface area contributed by atoms with Gasteiger partial charge in [0.15, 0.2) is 0 Å². The maximum atomic E-state index is 12.4. The van der Waals surface area contributed by atoms with E-state index in [1.54, 1.807) is 39.0 Å². The van der Waals surface area contributed by atoms with Crippen LogP contribution in [-0.2, 0) is 4.74 Å². The smallest absolute Gasteiger partial charge is 0.418 e. The fourth-order valence-electron chi connectivity index (χ4n) is 2.72. The lowest BCUT2D eigenvalue weighted by Gasteiger charge is -2.26. The van der Waals surface area contributed by atoms with Crippen LogP contribution in [0.15, 0.2) is 22.7 Å². The Bertz CT molecular complexity index is 821. The van der Waals surface area contributed by atoms with E-state index in [-0.39, 0.29) is 38.0 Å². The molecule has 1 aromatic carbocycles. The van der Waals surface area contributed by atoms with Crippen LogP contribution >= 0.6 is 15.9 Å². The van der Waals surface area contributed by atoms with Crippen molar-refractivity contribution in [3.05, 3.63) is 33.8 Å². The van der Waals surface area contributed by atoms with Crippen LogP contribution in [0, 0.1) is 0 Å². The number of nitrogens with two attached hydrogens (primary N) is 1. The van der Waals surface area contributed by atoms with Gasteiger partial charge in [0.25, 0.3) is 11.8 Å². The summed E-state index contributed by atoms with van der Waals surface area (Å²) in [7, 11) is 0. The van der Waals surface area contributed by atoms with Gasteiger partial charge in [0.05, 0.1) is 11.1 Å². The van der Waals surface area contributed by atoms with E-state index in [9.17, 15) is 19.2 Å². The average Bonchev–Trinajstić information content (AvgIpc) is 2.85. The Morgan fingerprint density at radius 3 is 2.48 bits per heavy atom. The summed E-state index contributed by atoms with van der Waals surface area (Å²) in [6, 6.07) is 4.28. The van der Waals surface area contributed by atoms with Gasteiger partial charge in [-0.3, -0.25) is 14.5 Å². The van der Waals surface area contributed by atoms with Crippen molar-refractivity contribution >= 4 is 39.9 Å². The van der Waals surface area contributed by atoms with Gasteiger partial charge < -0.3 is 15.8 Å². The first-order valence-corrected chi connectivity index (χ1v) is 9.98. The van der Waals surface area contributed by atoms with Crippen molar-refractivity contribution in [1.82, 2.24) is 15.1 Å². The molecule has 9 nitrogen and oxygen atoms in total. The van der Waals surface area contributed by atoms with Crippen molar-refractivity contribution in [1.29, 1.82) is 0 Å². The van der Waals surface area contributed by atoms with Crippen molar-refractivity contribution in [3.63, 3.8) is 0 Å². The Balaban J connectivity index is 1.88. The molecule has 0 atom stereocenters. The van der Waals surface area contributed by atoms with E-state index in [1.807, 2.05) is 0 Å². The van der Waals surface area contributed by atoms with Crippen molar-refractivity contribution in [2.75, 3.05) is 26.2 Å². The Kier molecular flexibility index (Phi) is 7.37. The minimum Gasteiger partial charge on any atom is -0.443 e. The number of halogens is 1. The molecule has 1 heterocycles. The number of amides is 5. The van der Waals surface area contributed by atoms with Gasteiger partial charge in [-0.2, -0.15) is 0 Å². The molecule has 0 aromatic heterocycles. The maximum absolute atomic E-state index is 12.4. The normalized spacial score (nSPS) is 13.3. The van der Waals surface area contributed by atoms with Crippen LogP contribution < -0.4 is 11.1 Å². The molecule has 1 aromatic rings. The lowest BCUT2D eigenvalue weighted by atomic mass is 10.1. The number of hydrogen-bond acceptors (Lipinski definition) is 6. The number of rotatable bonds is 6. The van der Waals surface area contributed by atoms with E-state index in [0.717, 1.165) is 9.80 Å². The van der Waals surface area contributed by atoms with Gasteiger partial charge in [-0.1, -0.05) is 15.9 Å². The topological polar surface area (TPSA) is 122 Å². The largest absolute Gasteiger partial charge is 0.443 e. The molecular formula is C19H25BrN4O5. The third-order valence-electron chi connectivity index (χ3n) is 3.98. The molecule has 5 amide bonds. The predicted molar refractivity (Wildman–Crippen MR) is 110 cm³/mol. The number of hydrogen-bond donors (Lipinski definition) is 2. The van der Waals surface area contributed by atoms with Gasteiger partial charge in [-0.05, 0) is 45.4 Å². The number of benzene rings is 1. The fourth-order valence-corrected chi connectivity index (χ4v) is 3.08. The molecule has 158 valence electrons. The zero-order chi connectivity index (χ0) is 21.8. The molecule has 3 N–H and O–H groups in total. The quantitative estimate of drug-likeness (QED) is 0.487. The molecule has 1 aliphatic rings. The number of nitrogens with one attached hydrogen (secondary N) is 1. The molecule has 0 aliphatic carbocycles. The molecule has 0 unspecified atom stereocenters. The zero-order valence-corrected chi connectivity index (χ0v) is 18.2. The zero-order valence-electron chi connectivity index (χ0n) is 16.7. The van der Waals surface area contributed by atoms with Gasteiger partial charge >= 0.3 is 12.1 Å². The van der Waals surface area contributed by atoms with Crippen LogP contribution in [0.2, 0.25) is 0 Å². The molecule has 0 saturated carbocycles. The first kappa shape index (κ1) is 22.8. The number of nitrogens with zero attached hydrogens (tertiary/aromatic N) is 2. The number of carbonyl (C=O) groups excluding carboxylic acids is 4. The summed E-state index contributed by atoms with van der Waals surface area (Å²) < 4.78 is 5.92. The Hall–Kier alpha value is -2.46. The maximum Gasteiger partial charge on any atom is 0.418 e. The Morgan fingerprint density at radius 2 is 1.86 bits per heavy atom. The van der Waals surface area contributed by atoms with E-state index in [0.29, 0.717) is 22.0 Å². The highest BCUT2D eigenvalue weighted by atomic mass is 79.9. The van der Waals surface area contributed by atoms with E-state index in [2.05, 4.69) is 21.2 Å². The highest BCUT2D eigenvalue weighted by molar-refractivity contribution is 9.10. The number of urea groups is 1. The van der Waals surface area contributed by atoms with E-state index >= 15 is 0 Å². The fraction of sp³-hybridized carbons (Fsp3) is 0.474. The summed E-state index contributed by atoms with van der Waals surface area (Å²) in [6.45, 7) is 5.51. The van der Waals surface area contributed by atoms with Crippen molar-refractivity contribution < 1.29 is 23.9 Å². The molecule has 1 aliphatic heterocycles. The number of ether oxygens (including phenoxy) is 1. The van der Waals surface area contributed by atoms with Crippen molar-refractivity contribution in [3.8, 4) is 0 Å². The second-order valence-electron chi connectivity index (χ2n) is 7.46. The van der Waals surface area contributed by atoms with Crippen molar-refractivity contribution in [2.24, 2.45) is 5.73 Å². The molecule has 0 bridgehead atoms. The van der Waals surface area contributed by atoms with Gasteiger partial charge in [0.2, 0.25) is 0 Å². The molecule has 0 spiro atoms. The second-order valence-corrected chi connectivity index (χ2v) is 8.37. The standard InChI is InChI=1S/C19H25BrN4O5/c1-19(2,3)29-18(28)24(10-7-21)17(27)22-8-4-9-23-15(25)13-6-5-12(20)11-14(13)16(23)26/h5-6,11H,4,7-10,21H2,1-3H3,(H,22,27). The van der Waals surface area contributed by atoms with Crippen LogP contribution in [0.25, 0.3) is 0 Å². The molecular weight excluding hydrogens is 444 g/mol. The van der Waals surface area contributed by atoms with Gasteiger partial charge in [-0.15, -0.1) is 0 Å². The van der Waals surface area contributed by atoms with E-state index < -0.39 is 17.7 Å². The van der Waals surface area contributed by atoms with Crippen molar-refractivity contribution in [2.45, 2.75) is 32.8 Å². The summed E-state index contributed by atoms with van der Waals surface area (Å²) in [5.41, 5.74) is 5.45. The Labute approximate surface area is 177 Å². The number of carbonyl (C=O) groups is 4. The molecule has 0 fully saturated rings. The van der Waals surface area contributed by atoms with Gasteiger partial charge in [-0.25, -0.2) is 14.5 Å². The van der Waals surface area contributed by atoms with Crippen LogP contribution in [-0.4, -0.2) is 65.5 Å². The molecule has 10 heteroatoms. The highest BCUT2D eigenvalue weighted by Crippen LogP contribution is 2.26. The first-order chi connectivity index (χ1) is 13.5. The van der Waals surface area contributed by atoms with Crippen LogP contribution in [0.1, 0.15) is 47.9 Å². The summed E-state index contributed by atoms with van der Waals surface area (Å²) in [4.78, 5) is 51.3. The third kappa shape index (κ3) is 5.77. The van der Waals surface area contributed by atoms with Crippen LogP contribution in [0.3, 0.4) is 0 Å². The Morgan fingerprint density at radius 1 is 1.21 bits per heavy atom. The second kappa shape index (κ2) is 9.36. The monoisotopic (exact) mass is 468 g/mol. The summed E-state index contributed by atoms with van der Waals surface area (Å²) in [5, 5.41) is 2.59. The lowest BCUT2D eigenvalue weighted by Crippen LogP contribution is -2.48. The van der Waals surface area contributed by atoms with Crippen LogP contribution in [0.4, 0.5) is 9.59 Å².